The molecule has 0 bridgehead atoms. The number of fused-ring (bicyclic) bond motifs is 1. The maximum absolute atomic E-state index is 13.2. The van der Waals surface area contributed by atoms with Gasteiger partial charge in [0.05, 0.1) is 10.0 Å². The van der Waals surface area contributed by atoms with Crippen molar-refractivity contribution in [3.05, 3.63) is 69.6 Å². The van der Waals surface area contributed by atoms with Gasteiger partial charge in [-0.3, -0.25) is 9.78 Å². The Bertz CT molecular complexity index is 1200. The van der Waals surface area contributed by atoms with E-state index in [1.54, 1.807) is 29.2 Å². The van der Waals surface area contributed by atoms with Gasteiger partial charge in [0, 0.05) is 35.6 Å². The number of hydrogen-bond acceptors (Lipinski definition) is 5. The number of ketones is 1. The maximum atomic E-state index is 13.2. The van der Waals surface area contributed by atoms with Gasteiger partial charge in [-0.25, -0.2) is 4.68 Å². The fraction of sp³-hybridized carbons (Fsp3) is 0.273. The lowest BCUT2D eigenvalue weighted by molar-refractivity contribution is -0.118. The number of benzene rings is 1. The molecule has 2 aliphatic rings. The molecular formula is C22H19Cl2N5O. The first-order valence-electron chi connectivity index (χ1n) is 9.67. The molecule has 3 aromatic rings. The number of pyridine rings is 1. The number of nitrogens with zero attached hydrogens (tertiary/aromatic N) is 4. The third kappa shape index (κ3) is 3.20. The van der Waals surface area contributed by atoms with Gasteiger partial charge in [0.1, 0.15) is 6.04 Å². The zero-order chi connectivity index (χ0) is 21.0. The SMILES string of the molecule is CC1(C)CC(=O)C2=C(C1)Nc1nc(-c3cccnc3)nn1C2c1ccc(Cl)c(Cl)c1. The van der Waals surface area contributed by atoms with Crippen LogP contribution in [0.4, 0.5) is 5.95 Å². The van der Waals surface area contributed by atoms with Gasteiger partial charge >= 0.3 is 0 Å². The smallest absolute Gasteiger partial charge is 0.226 e. The number of aromatic nitrogens is 4. The first kappa shape index (κ1) is 19.3. The zero-order valence-corrected chi connectivity index (χ0v) is 18.0. The number of hydrogen-bond donors (Lipinski definition) is 1. The predicted molar refractivity (Wildman–Crippen MR) is 117 cm³/mol. The number of nitrogens with one attached hydrogen (secondary N) is 1. The molecule has 6 nitrogen and oxygen atoms in total. The summed E-state index contributed by atoms with van der Waals surface area (Å²) in [5, 5.41) is 9.01. The van der Waals surface area contributed by atoms with Gasteiger partial charge in [-0.1, -0.05) is 43.1 Å². The quantitative estimate of drug-likeness (QED) is 0.585. The van der Waals surface area contributed by atoms with Gasteiger partial charge in [0.25, 0.3) is 0 Å². The van der Waals surface area contributed by atoms with Crippen LogP contribution in [0.2, 0.25) is 10.0 Å². The minimum atomic E-state index is -0.424. The summed E-state index contributed by atoms with van der Waals surface area (Å²) in [6, 6.07) is 8.76. The van der Waals surface area contributed by atoms with E-state index in [1.165, 1.54) is 0 Å². The van der Waals surface area contributed by atoms with E-state index in [0.717, 1.165) is 23.2 Å². The Hall–Kier alpha value is -2.70. The second-order valence-corrected chi connectivity index (χ2v) is 9.29. The lowest BCUT2D eigenvalue weighted by atomic mass is 9.73. The lowest BCUT2D eigenvalue weighted by Gasteiger charge is -2.38. The van der Waals surface area contributed by atoms with Crippen LogP contribution >= 0.6 is 23.2 Å². The van der Waals surface area contributed by atoms with Gasteiger partial charge in [-0.05, 0) is 41.7 Å². The number of allylic oxidation sites excluding steroid dienone is 2. The maximum Gasteiger partial charge on any atom is 0.226 e. The van der Waals surface area contributed by atoms with Crippen LogP contribution in [0.5, 0.6) is 0 Å². The number of rotatable bonds is 2. The van der Waals surface area contributed by atoms with E-state index in [0.29, 0.717) is 33.8 Å². The van der Waals surface area contributed by atoms with E-state index < -0.39 is 6.04 Å². The third-order valence-electron chi connectivity index (χ3n) is 5.51. The first-order chi connectivity index (χ1) is 14.3. The molecule has 30 heavy (non-hydrogen) atoms. The van der Waals surface area contributed by atoms with E-state index in [-0.39, 0.29) is 11.2 Å². The summed E-state index contributed by atoms with van der Waals surface area (Å²) in [7, 11) is 0. The van der Waals surface area contributed by atoms with Crippen LogP contribution < -0.4 is 5.32 Å². The van der Waals surface area contributed by atoms with Gasteiger partial charge in [-0.15, -0.1) is 5.10 Å². The molecule has 1 atom stereocenters. The number of anilines is 1. The average Bonchev–Trinajstić information content (AvgIpc) is 3.12. The van der Waals surface area contributed by atoms with Crippen molar-refractivity contribution in [2.75, 3.05) is 5.32 Å². The molecule has 0 radical (unpaired) electrons. The Morgan fingerprint density at radius 2 is 2.00 bits per heavy atom. The van der Waals surface area contributed by atoms with Crippen LogP contribution in [-0.4, -0.2) is 25.5 Å². The van der Waals surface area contributed by atoms with Gasteiger partial charge < -0.3 is 5.32 Å². The van der Waals surface area contributed by atoms with Crippen LogP contribution in [0.3, 0.4) is 0 Å². The van der Waals surface area contributed by atoms with Crippen molar-refractivity contribution in [3.63, 3.8) is 0 Å². The second kappa shape index (κ2) is 6.93. The van der Waals surface area contributed by atoms with Crippen molar-refractivity contribution in [1.29, 1.82) is 0 Å². The monoisotopic (exact) mass is 439 g/mol. The predicted octanol–water partition coefficient (Wildman–Crippen LogP) is 5.31. The van der Waals surface area contributed by atoms with Crippen molar-refractivity contribution in [2.45, 2.75) is 32.7 Å². The zero-order valence-electron chi connectivity index (χ0n) is 16.5. The molecule has 0 fully saturated rings. The Kier molecular flexibility index (Phi) is 4.45. The average molecular weight is 440 g/mol. The summed E-state index contributed by atoms with van der Waals surface area (Å²) >= 11 is 12.5. The molecule has 0 amide bonds. The lowest BCUT2D eigenvalue weighted by Crippen LogP contribution is -2.36. The van der Waals surface area contributed by atoms with Crippen molar-refractivity contribution < 1.29 is 4.79 Å². The highest BCUT2D eigenvalue weighted by Crippen LogP contribution is 2.46. The Morgan fingerprint density at radius 1 is 1.17 bits per heavy atom. The number of carbonyl (C=O) groups excluding carboxylic acids is 1. The Labute approximate surface area is 183 Å². The van der Waals surface area contributed by atoms with Crippen LogP contribution in [0.15, 0.2) is 54.0 Å². The van der Waals surface area contributed by atoms with E-state index in [2.05, 4.69) is 24.1 Å². The van der Waals surface area contributed by atoms with Gasteiger partial charge in [0.2, 0.25) is 5.95 Å². The summed E-state index contributed by atoms with van der Waals surface area (Å²) in [6.07, 6.45) is 4.65. The van der Waals surface area contributed by atoms with E-state index in [4.69, 9.17) is 33.3 Å². The van der Waals surface area contributed by atoms with Crippen molar-refractivity contribution in [1.82, 2.24) is 19.7 Å². The van der Waals surface area contributed by atoms with E-state index in [1.807, 2.05) is 18.2 Å². The highest BCUT2D eigenvalue weighted by molar-refractivity contribution is 6.42. The summed E-state index contributed by atoms with van der Waals surface area (Å²) in [6.45, 7) is 4.20. The number of Topliss-reactive ketones (excluding diaryl/α,β-unsaturated/α-hetero) is 1. The molecule has 1 N–H and O–H groups in total. The Morgan fingerprint density at radius 3 is 2.73 bits per heavy atom. The first-order valence-corrected chi connectivity index (χ1v) is 10.4. The van der Waals surface area contributed by atoms with Crippen LogP contribution in [0.1, 0.15) is 38.3 Å². The van der Waals surface area contributed by atoms with Crippen LogP contribution in [-0.2, 0) is 4.79 Å². The second-order valence-electron chi connectivity index (χ2n) is 8.48. The fourth-order valence-corrected chi connectivity index (χ4v) is 4.52. The normalized spacial score (nSPS) is 19.9. The van der Waals surface area contributed by atoms with Crippen LogP contribution in [0.25, 0.3) is 11.4 Å². The van der Waals surface area contributed by atoms with Crippen molar-refractivity contribution in [3.8, 4) is 11.4 Å². The van der Waals surface area contributed by atoms with Crippen LogP contribution in [0, 0.1) is 5.41 Å². The molecule has 0 saturated carbocycles. The van der Waals surface area contributed by atoms with Crippen molar-refractivity contribution in [2.24, 2.45) is 5.41 Å². The third-order valence-corrected chi connectivity index (χ3v) is 6.25. The van der Waals surface area contributed by atoms with Gasteiger partial charge in [0.15, 0.2) is 11.6 Å². The highest BCUT2D eigenvalue weighted by atomic mass is 35.5. The summed E-state index contributed by atoms with van der Waals surface area (Å²) in [5.41, 5.74) is 3.13. The van der Waals surface area contributed by atoms with Gasteiger partial charge in [-0.2, -0.15) is 4.98 Å². The summed E-state index contributed by atoms with van der Waals surface area (Å²) < 4.78 is 1.76. The van der Waals surface area contributed by atoms with E-state index in [9.17, 15) is 4.79 Å². The molecular weight excluding hydrogens is 421 g/mol. The van der Waals surface area contributed by atoms with E-state index >= 15 is 0 Å². The largest absolute Gasteiger partial charge is 0.328 e. The number of halogens is 2. The molecule has 0 spiro atoms. The molecule has 2 aromatic heterocycles. The van der Waals surface area contributed by atoms with Crippen molar-refractivity contribution >= 4 is 34.9 Å². The number of carbonyl (C=O) groups is 1. The molecule has 152 valence electrons. The molecule has 0 saturated heterocycles. The minimum absolute atomic E-state index is 0.105. The highest BCUT2D eigenvalue weighted by Gasteiger charge is 2.42. The standard InChI is InChI=1S/C22H19Cl2N5O/c1-22(2)9-16-18(17(30)10-22)19(12-5-6-14(23)15(24)8-12)29-21(26-16)27-20(28-29)13-4-3-7-25-11-13/h3-8,11,19H,9-10H2,1-2H3,(H,26,27,28). The Balaban J connectivity index is 1.70. The molecule has 8 heteroatoms. The minimum Gasteiger partial charge on any atom is -0.328 e. The molecule has 3 heterocycles. The fourth-order valence-electron chi connectivity index (χ4n) is 4.22. The molecule has 1 aromatic carbocycles. The molecule has 1 aliphatic heterocycles. The molecule has 1 unspecified atom stereocenters. The molecule has 5 rings (SSSR count). The molecule has 1 aliphatic carbocycles. The topological polar surface area (TPSA) is 72.7 Å². The summed E-state index contributed by atoms with van der Waals surface area (Å²) in [5.74, 6) is 1.24. The summed E-state index contributed by atoms with van der Waals surface area (Å²) in [4.78, 5) is 22.1.